The molecular weight excluding hydrogens is 512 g/mol. The molecule has 2 aromatic carbocycles. The molecule has 0 aliphatic carbocycles. The molecule has 2 N–H and O–H groups in total. The molecule has 0 saturated carbocycles. The van der Waals surface area contributed by atoms with Gasteiger partial charge >= 0.3 is 5.97 Å². The Hall–Kier alpha value is -4.37. The molecule has 1 aliphatic heterocycles. The van der Waals surface area contributed by atoms with Crippen LogP contribution in [0.15, 0.2) is 66.9 Å². The number of rotatable bonds is 7. The molecule has 0 radical (unpaired) electrons. The number of anilines is 1. The number of aromatic carboxylic acids is 1. The summed E-state index contributed by atoms with van der Waals surface area (Å²) in [5.41, 5.74) is 6.69. The summed E-state index contributed by atoms with van der Waals surface area (Å²) in [6.07, 6.45) is 1.78. The van der Waals surface area contributed by atoms with Crippen LogP contribution in [0.2, 0.25) is 0 Å². The van der Waals surface area contributed by atoms with E-state index in [4.69, 9.17) is 21.7 Å². The SMILES string of the molecule is COc1ccc(N2C(=S)N[C@@H](c3ccccn3)[C@@H]2c2cc(C)n(-c3cc(C(=O)O)ccc3C)c2C)c(OC)c1. The monoisotopic (exact) mass is 542 g/mol. The third-order valence-corrected chi connectivity index (χ3v) is 7.54. The number of aromatic nitrogens is 2. The maximum absolute atomic E-state index is 11.8. The Labute approximate surface area is 232 Å². The summed E-state index contributed by atoms with van der Waals surface area (Å²) in [4.78, 5) is 18.5. The van der Waals surface area contributed by atoms with Crippen molar-refractivity contribution in [3.05, 3.63) is 101 Å². The van der Waals surface area contributed by atoms with Gasteiger partial charge in [-0.05, 0) is 86.6 Å². The fourth-order valence-corrected chi connectivity index (χ4v) is 5.69. The van der Waals surface area contributed by atoms with Crippen LogP contribution in [0.1, 0.15) is 50.7 Å². The number of nitrogens with zero attached hydrogens (tertiary/aromatic N) is 3. The van der Waals surface area contributed by atoms with E-state index in [2.05, 4.69) is 32.8 Å². The Morgan fingerprint density at radius 1 is 1.00 bits per heavy atom. The summed E-state index contributed by atoms with van der Waals surface area (Å²) in [6, 6.07) is 18.3. The van der Waals surface area contributed by atoms with Crippen molar-refractivity contribution in [1.29, 1.82) is 0 Å². The lowest BCUT2D eigenvalue weighted by atomic mass is 9.96. The highest BCUT2D eigenvalue weighted by molar-refractivity contribution is 7.80. The molecule has 1 fully saturated rings. The van der Waals surface area contributed by atoms with Crippen LogP contribution in [0, 0.1) is 20.8 Å². The van der Waals surface area contributed by atoms with Gasteiger partial charge < -0.3 is 29.4 Å². The van der Waals surface area contributed by atoms with Crippen LogP contribution in [0.25, 0.3) is 5.69 Å². The van der Waals surface area contributed by atoms with Gasteiger partial charge in [0.25, 0.3) is 0 Å². The molecule has 1 saturated heterocycles. The summed E-state index contributed by atoms with van der Waals surface area (Å²) >= 11 is 5.92. The highest BCUT2D eigenvalue weighted by Crippen LogP contribution is 2.47. The highest BCUT2D eigenvalue weighted by atomic mass is 32.1. The van der Waals surface area contributed by atoms with Crippen LogP contribution in [0.4, 0.5) is 5.69 Å². The van der Waals surface area contributed by atoms with E-state index in [-0.39, 0.29) is 17.6 Å². The van der Waals surface area contributed by atoms with E-state index in [0.717, 1.165) is 39.6 Å². The summed E-state index contributed by atoms with van der Waals surface area (Å²) in [5.74, 6) is 0.347. The molecule has 2 aromatic heterocycles. The van der Waals surface area contributed by atoms with E-state index in [0.29, 0.717) is 16.6 Å². The quantitative estimate of drug-likeness (QED) is 0.288. The van der Waals surface area contributed by atoms with E-state index < -0.39 is 5.97 Å². The topological polar surface area (TPSA) is 88.9 Å². The van der Waals surface area contributed by atoms with Crippen molar-refractivity contribution in [3.8, 4) is 17.2 Å². The Morgan fingerprint density at radius 2 is 1.79 bits per heavy atom. The number of thiocarbonyl (C=S) groups is 1. The maximum atomic E-state index is 11.8. The largest absolute Gasteiger partial charge is 0.497 e. The van der Waals surface area contributed by atoms with Gasteiger partial charge in [0, 0.05) is 29.3 Å². The van der Waals surface area contributed by atoms with Crippen molar-refractivity contribution < 1.29 is 19.4 Å². The molecule has 0 amide bonds. The van der Waals surface area contributed by atoms with Gasteiger partial charge in [-0.2, -0.15) is 0 Å². The summed E-state index contributed by atoms with van der Waals surface area (Å²) < 4.78 is 13.3. The molecule has 1 aliphatic rings. The number of hydrogen-bond donors (Lipinski definition) is 2. The molecule has 0 unspecified atom stereocenters. The van der Waals surface area contributed by atoms with Crippen molar-refractivity contribution in [2.24, 2.45) is 0 Å². The Balaban J connectivity index is 1.72. The lowest BCUT2D eigenvalue weighted by Gasteiger charge is -2.29. The second-order valence-electron chi connectivity index (χ2n) is 9.50. The van der Waals surface area contributed by atoms with Gasteiger partial charge in [-0.3, -0.25) is 4.98 Å². The fourth-order valence-electron chi connectivity index (χ4n) is 5.36. The summed E-state index contributed by atoms with van der Waals surface area (Å²) in [7, 11) is 3.24. The lowest BCUT2D eigenvalue weighted by molar-refractivity contribution is 0.0697. The first-order chi connectivity index (χ1) is 18.7. The van der Waals surface area contributed by atoms with E-state index in [1.54, 1.807) is 32.5 Å². The number of carboxylic acid groups (broad SMARTS) is 1. The maximum Gasteiger partial charge on any atom is 0.335 e. The minimum absolute atomic E-state index is 0.240. The number of aryl methyl sites for hydroxylation is 2. The minimum atomic E-state index is -0.961. The smallest absolute Gasteiger partial charge is 0.335 e. The van der Waals surface area contributed by atoms with Gasteiger partial charge in [-0.25, -0.2) is 4.79 Å². The Kier molecular flexibility index (Phi) is 7.01. The van der Waals surface area contributed by atoms with Crippen molar-refractivity contribution >= 4 is 29.0 Å². The number of nitrogens with one attached hydrogen (secondary N) is 1. The van der Waals surface area contributed by atoms with Gasteiger partial charge in [0.05, 0.1) is 43.2 Å². The first-order valence-corrected chi connectivity index (χ1v) is 12.9. The molecule has 200 valence electrons. The van der Waals surface area contributed by atoms with Gasteiger partial charge in [0.2, 0.25) is 0 Å². The fraction of sp³-hybridized carbons (Fsp3) is 0.233. The standard InChI is InChI=1S/C30H30N4O4S/c1-17-9-10-20(29(35)36)15-25(17)33-18(2)14-22(19(33)3)28-27(23-8-6-7-13-31-23)32-30(39)34(28)24-12-11-21(37-4)16-26(24)38-5/h6-16,27-28H,1-5H3,(H,32,39)(H,35,36)/t27-,28-/m0/s1. The molecule has 5 rings (SSSR count). The summed E-state index contributed by atoms with van der Waals surface area (Å²) in [5, 5.41) is 13.7. The van der Waals surface area contributed by atoms with Crippen molar-refractivity contribution in [3.63, 3.8) is 0 Å². The lowest BCUT2D eigenvalue weighted by Crippen LogP contribution is -2.30. The number of ether oxygens (including phenoxy) is 2. The van der Waals surface area contributed by atoms with E-state index in [9.17, 15) is 9.90 Å². The summed E-state index contributed by atoms with van der Waals surface area (Å²) in [6.45, 7) is 6.06. The van der Waals surface area contributed by atoms with Gasteiger partial charge in [-0.1, -0.05) is 12.1 Å². The van der Waals surface area contributed by atoms with E-state index in [1.807, 2.05) is 56.3 Å². The highest BCUT2D eigenvalue weighted by Gasteiger charge is 2.43. The second-order valence-corrected chi connectivity index (χ2v) is 9.89. The van der Waals surface area contributed by atoms with E-state index >= 15 is 0 Å². The average Bonchev–Trinajstić information content (AvgIpc) is 3.43. The predicted octanol–water partition coefficient (Wildman–Crippen LogP) is 5.69. The Morgan fingerprint density at radius 3 is 2.46 bits per heavy atom. The number of benzene rings is 2. The van der Waals surface area contributed by atoms with Crippen LogP contribution >= 0.6 is 12.2 Å². The average molecular weight is 543 g/mol. The number of carbonyl (C=O) groups is 1. The zero-order valence-electron chi connectivity index (χ0n) is 22.4. The van der Waals surface area contributed by atoms with Crippen LogP contribution in [0.5, 0.6) is 11.5 Å². The molecule has 8 nitrogen and oxygen atoms in total. The van der Waals surface area contributed by atoms with Crippen LogP contribution in [-0.4, -0.2) is 40.0 Å². The van der Waals surface area contributed by atoms with Crippen LogP contribution < -0.4 is 19.7 Å². The number of methoxy groups -OCH3 is 2. The van der Waals surface area contributed by atoms with Gasteiger partial charge in [0.15, 0.2) is 5.11 Å². The molecule has 39 heavy (non-hydrogen) atoms. The molecule has 0 spiro atoms. The zero-order valence-corrected chi connectivity index (χ0v) is 23.2. The number of carboxylic acids is 1. The second kappa shape index (κ2) is 10.4. The number of hydrogen-bond acceptors (Lipinski definition) is 5. The van der Waals surface area contributed by atoms with Gasteiger partial charge in [-0.15, -0.1) is 0 Å². The predicted molar refractivity (Wildman–Crippen MR) is 154 cm³/mol. The molecule has 2 atom stereocenters. The first-order valence-electron chi connectivity index (χ1n) is 12.5. The first kappa shape index (κ1) is 26.2. The molecule has 0 bridgehead atoms. The van der Waals surface area contributed by atoms with E-state index in [1.165, 1.54) is 0 Å². The molecule has 3 heterocycles. The van der Waals surface area contributed by atoms with Gasteiger partial charge in [0.1, 0.15) is 11.5 Å². The number of pyridine rings is 1. The third-order valence-electron chi connectivity index (χ3n) is 7.23. The Bertz CT molecular complexity index is 1570. The van der Waals surface area contributed by atoms with Crippen molar-refractivity contribution in [2.45, 2.75) is 32.9 Å². The zero-order chi connectivity index (χ0) is 27.8. The van der Waals surface area contributed by atoms with Crippen molar-refractivity contribution in [2.75, 3.05) is 19.1 Å². The molecule has 9 heteroatoms. The molecular formula is C30H30N4O4S. The molecule has 4 aromatic rings. The van der Waals surface area contributed by atoms with Crippen LogP contribution in [-0.2, 0) is 0 Å². The van der Waals surface area contributed by atoms with Crippen LogP contribution in [0.3, 0.4) is 0 Å². The normalized spacial score (nSPS) is 16.7. The van der Waals surface area contributed by atoms with Crippen molar-refractivity contribution in [1.82, 2.24) is 14.9 Å². The third kappa shape index (κ3) is 4.59. The minimum Gasteiger partial charge on any atom is -0.497 e.